The molecule has 0 saturated heterocycles. The molecule has 14 aromatic rings. The average Bonchev–Trinajstić information content (AvgIpc) is 0.705. The van der Waals surface area contributed by atoms with Gasteiger partial charge in [-0.25, -0.2) is 0 Å². The number of anilines is 12. The zero-order chi connectivity index (χ0) is 80.9. The van der Waals surface area contributed by atoms with Gasteiger partial charge in [0.05, 0.1) is 0 Å². The van der Waals surface area contributed by atoms with Crippen molar-refractivity contribution in [1.82, 2.24) is 0 Å². The highest BCUT2D eigenvalue weighted by atomic mass is 16.5. The van der Waals surface area contributed by atoms with E-state index >= 15 is 0 Å². The fourth-order valence-electron chi connectivity index (χ4n) is 18.2. The van der Waals surface area contributed by atoms with Gasteiger partial charge in [-0.15, -0.1) is 0 Å². The summed E-state index contributed by atoms with van der Waals surface area (Å²) in [5.41, 5.74) is 33.4. The third kappa shape index (κ3) is 13.5. The summed E-state index contributed by atoms with van der Waals surface area (Å²) in [5, 5.41) is 0. The van der Waals surface area contributed by atoms with Crippen molar-refractivity contribution in [3.05, 3.63) is 337 Å². The van der Waals surface area contributed by atoms with Crippen molar-refractivity contribution in [2.24, 2.45) is 0 Å². The van der Waals surface area contributed by atoms with Crippen LogP contribution in [0, 0.1) is 0 Å². The van der Waals surface area contributed by atoms with Gasteiger partial charge in [-0.05, 0) is 260 Å². The van der Waals surface area contributed by atoms with Gasteiger partial charge >= 0.3 is 0 Å². The van der Waals surface area contributed by atoms with Crippen LogP contribution in [0.3, 0.4) is 0 Å². The minimum absolute atomic E-state index is 0.0495. The highest BCUT2D eigenvalue weighted by Crippen LogP contribution is 2.53. The molecule has 18 rings (SSSR count). The first kappa shape index (κ1) is 75.4. The average molecular weight is 1510 g/mol. The highest BCUT2D eigenvalue weighted by molar-refractivity contribution is 7.00. The molecule has 0 radical (unpaired) electrons. The SMILES string of the molecule is CC(C)(C)c1ccc(N(c2ccc(C(C)(C)C)cc2)c2ccc3c(c2)N(c2ccc(C(C)(C)C)c(-c4ccccc4)c2)c2cc(-c4cc5c6c(c4)Oc4ccccc4B6c4ccccc4O5)cc4c2B3c2ccc(N(c3ccc(C(C)(C)C)cc3)c3ccc(C(C)(C)C)cc3)cc2N4c2ccc(C(C)(C)C)c(-c3ccccc3)c2)cc1. The van der Waals surface area contributed by atoms with Crippen molar-refractivity contribution < 1.29 is 9.47 Å². The topological polar surface area (TPSA) is 31.4 Å². The van der Waals surface area contributed by atoms with E-state index in [-0.39, 0.29) is 45.9 Å². The summed E-state index contributed by atoms with van der Waals surface area (Å²) in [6.07, 6.45) is 0. The summed E-state index contributed by atoms with van der Waals surface area (Å²) in [6.45, 7) is 41.3. The molecule has 4 aliphatic rings. The monoisotopic (exact) mass is 1510 g/mol. The molecule has 8 heteroatoms. The molecular weight excluding hydrogens is 1410 g/mol. The maximum atomic E-state index is 7.26. The predicted molar refractivity (Wildman–Crippen MR) is 496 cm³/mol. The molecule has 0 unspecified atom stereocenters. The van der Waals surface area contributed by atoms with Crippen LogP contribution in [-0.4, -0.2) is 13.4 Å². The van der Waals surface area contributed by atoms with Crippen LogP contribution < -0.4 is 61.9 Å². The first-order chi connectivity index (χ1) is 55.3. The van der Waals surface area contributed by atoms with Crippen LogP contribution in [0.1, 0.15) is 158 Å². The van der Waals surface area contributed by atoms with Gasteiger partial charge < -0.3 is 29.1 Å². The molecule has 0 fully saturated rings. The first-order valence-electron chi connectivity index (χ1n) is 41.5. The molecule has 0 aromatic heterocycles. The summed E-state index contributed by atoms with van der Waals surface area (Å²) >= 11 is 0. The molecule has 0 amide bonds. The van der Waals surface area contributed by atoms with Gasteiger partial charge in [-0.1, -0.05) is 294 Å². The minimum Gasteiger partial charge on any atom is -0.458 e. The molecule has 0 aliphatic carbocycles. The Hall–Kier alpha value is -12.0. The quantitative estimate of drug-likeness (QED) is 0.120. The minimum atomic E-state index is -0.291. The molecule has 4 aliphatic heterocycles. The molecule has 0 saturated carbocycles. The van der Waals surface area contributed by atoms with Crippen molar-refractivity contribution in [3.63, 3.8) is 0 Å². The Morgan fingerprint density at radius 1 is 0.233 bits per heavy atom. The molecule has 0 N–H and O–H groups in total. The number of fused-ring (bicyclic) bond motifs is 8. The molecule has 0 bridgehead atoms. The van der Waals surface area contributed by atoms with E-state index in [9.17, 15) is 0 Å². The van der Waals surface area contributed by atoms with Crippen LogP contribution in [0.4, 0.5) is 68.2 Å². The van der Waals surface area contributed by atoms with E-state index in [0.717, 1.165) is 119 Å². The van der Waals surface area contributed by atoms with Crippen LogP contribution in [0.25, 0.3) is 33.4 Å². The number of rotatable bonds is 11. The highest BCUT2D eigenvalue weighted by Gasteiger charge is 2.46. The fourth-order valence-corrected chi connectivity index (χ4v) is 18.2. The fraction of sp³-hybridized carbons (Fsp3) is 0.222. The lowest BCUT2D eigenvalue weighted by atomic mass is 9.33. The Morgan fingerprint density at radius 2 is 0.543 bits per heavy atom. The summed E-state index contributed by atoms with van der Waals surface area (Å²) in [6, 6.07) is 115. The van der Waals surface area contributed by atoms with Crippen molar-refractivity contribution >= 4 is 114 Å². The van der Waals surface area contributed by atoms with Crippen molar-refractivity contribution in [3.8, 4) is 56.4 Å². The predicted octanol–water partition coefficient (Wildman–Crippen LogP) is 26.2. The molecular formula is C108H104B2N4O2. The van der Waals surface area contributed by atoms with Gasteiger partial charge in [0, 0.05) is 73.7 Å². The van der Waals surface area contributed by atoms with Crippen molar-refractivity contribution in [1.29, 1.82) is 0 Å². The van der Waals surface area contributed by atoms with E-state index in [1.165, 1.54) is 72.0 Å². The first-order valence-corrected chi connectivity index (χ1v) is 41.5. The summed E-state index contributed by atoms with van der Waals surface area (Å²) < 4.78 is 14.5. The number of para-hydroxylation sites is 2. The lowest BCUT2D eigenvalue weighted by Crippen LogP contribution is -2.61. The number of ether oxygens (including phenoxy) is 2. The third-order valence-electron chi connectivity index (χ3n) is 24.5. The lowest BCUT2D eigenvalue weighted by Gasteiger charge is -2.45. The Balaban J connectivity index is 0.971. The standard InChI is InChI=1S/C108H104B2N4O2/c1-103(2,3)73-37-45-77(46-38-73)111(78-47-39-74(40-48-78)104(4,5)6)83-55-59-89-93(67-83)113(81-53-57-87(107(13,14)15)85(65-81)69-29-21-19-22-30-69)95-61-71(72-63-99-102-100(64-72)116-98-36-28-26-34-92(98)110(102)91-33-25-27-35-97(91)115-99)62-96-101(95)109(89)90-60-56-84(68-94(90)114(96)82-54-58-88(108(16,17)18)86(66-82)70-31-23-20-24-32-70)112(79-49-41-75(42-50-79)105(7,8)9)80-51-43-76(44-52-80)106(10,11)12/h19-68H,1-18H3. The maximum Gasteiger partial charge on any atom is 0.260 e. The number of nitrogens with zero attached hydrogens (tertiary/aromatic N) is 4. The molecule has 4 heterocycles. The number of hydrogen-bond donors (Lipinski definition) is 0. The van der Waals surface area contributed by atoms with E-state index in [2.05, 4.69) is 448 Å². The van der Waals surface area contributed by atoms with Crippen LogP contribution in [0.5, 0.6) is 23.0 Å². The summed E-state index contributed by atoms with van der Waals surface area (Å²) in [7, 11) is 0. The van der Waals surface area contributed by atoms with Gasteiger partial charge in [-0.2, -0.15) is 0 Å². The van der Waals surface area contributed by atoms with Crippen LogP contribution in [0.2, 0.25) is 0 Å². The van der Waals surface area contributed by atoms with E-state index < -0.39 is 0 Å². The van der Waals surface area contributed by atoms with Gasteiger partial charge in [0.2, 0.25) is 0 Å². The van der Waals surface area contributed by atoms with Crippen molar-refractivity contribution in [2.75, 3.05) is 19.6 Å². The second-order valence-electron chi connectivity index (χ2n) is 38.7. The van der Waals surface area contributed by atoms with E-state index in [4.69, 9.17) is 9.47 Å². The van der Waals surface area contributed by atoms with E-state index in [1.54, 1.807) is 0 Å². The molecule has 0 spiro atoms. The Bertz CT molecular complexity index is 5660. The smallest absolute Gasteiger partial charge is 0.260 e. The Morgan fingerprint density at radius 3 is 0.879 bits per heavy atom. The molecule has 116 heavy (non-hydrogen) atoms. The number of benzene rings is 14. The normalized spacial score (nSPS) is 13.5. The second kappa shape index (κ2) is 27.9. The molecule has 0 atom stereocenters. The summed E-state index contributed by atoms with van der Waals surface area (Å²) in [4.78, 5) is 10.2. The van der Waals surface area contributed by atoms with Gasteiger partial charge in [0.1, 0.15) is 23.0 Å². The molecule has 574 valence electrons. The molecule has 6 nitrogen and oxygen atoms in total. The van der Waals surface area contributed by atoms with Crippen LogP contribution >= 0.6 is 0 Å². The largest absolute Gasteiger partial charge is 0.458 e. The van der Waals surface area contributed by atoms with Crippen LogP contribution in [0.15, 0.2) is 303 Å². The summed E-state index contributed by atoms with van der Waals surface area (Å²) in [5.74, 6) is 3.26. The third-order valence-corrected chi connectivity index (χ3v) is 24.5. The Kier molecular flexibility index (Phi) is 18.1. The maximum absolute atomic E-state index is 7.26. The number of hydrogen-bond acceptors (Lipinski definition) is 6. The van der Waals surface area contributed by atoms with E-state index in [1.807, 2.05) is 0 Å². The lowest BCUT2D eigenvalue weighted by molar-refractivity contribution is 0.465. The van der Waals surface area contributed by atoms with Gasteiger partial charge in [0.25, 0.3) is 13.4 Å². The Labute approximate surface area is 689 Å². The van der Waals surface area contributed by atoms with Crippen LogP contribution in [-0.2, 0) is 32.5 Å². The van der Waals surface area contributed by atoms with Crippen molar-refractivity contribution in [2.45, 2.75) is 157 Å². The van der Waals surface area contributed by atoms with Gasteiger partial charge in [-0.3, -0.25) is 0 Å². The zero-order valence-corrected chi connectivity index (χ0v) is 70.6. The van der Waals surface area contributed by atoms with Gasteiger partial charge in [0.15, 0.2) is 0 Å². The second-order valence-corrected chi connectivity index (χ2v) is 38.7. The zero-order valence-electron chi connectivity index (χ0n) is 70.6. The molecule has 14 aromatic carbocycles. The van der Waals surface area contributed by atoms with E-state index in [0.29, 0.717) is 0 Å².